The van der Waals surface area contributed by atoms with Crippen molar-refractivity contribution < 1.29 is 18.0 Å². The number of rotatable bonds is 4. The van der Waals surface area contributed by atoms with Crippen LogP contribution < -0.4 is 9.62 Å². The van der Waals surface area contributed by atoms with Gasteiger partial charge in [-0.2, -0.15) is 0 Å². The molecule has 170 valence electrons. The Balaban J connectivity index is 1.47. The number of anilines is 2. The zero-order chi connectivity index (χ0) is 23.0. The van der Waals surface area contributed by atoms with E-state index in [4.69, 9.17) is 0 Å². The summed E-state index contributed by atoms with van der Waals surface area (Å²) in [5.41, 5.74) is 2.83. The monoisotopic (exact) mass is 456 g/mol. The Kier molecular flexibility index (Phi) is 5.94. The molecular weight excluding hydrogens is 428 g/mol. The van der Waals surface area contributed by atoms with Crippen molar-refractivity contribution >= 4 is 33.3 Å². The van der Waals surface area contributed by atoms with Crippen LogP contribution in [0.25, 0.3) is 0 Å². The minimum absolute atomic E-state index is 0.132. The largest absolute Gasteiger partial charge is 0.338 e. The van der Waals surface area contributed by atoms with Crippen molar-refractivity contribution in [3.63, 3.8) is 0 Å². The molecule has 3 heterocycles. The quantitative estimate of drug-likeness (QED) is 0.762. The molecule has 1 fully saturated rings. The summed E-state index contributed by atoms with van der Waals surface area (Å²) in [4.78, 5) is 32.0. The van der Waals surface area contributed by atoms with Gasteiger partial charge in [0.2, 0.25) is 15.9 Å². The predicted molar refractivity (Wildman–Crippen MR) is 123 cm³/mol. The number of nitrogens with one attached hydrogen (secondary N) is 1. The van der Waals surface area contributed by atoms with Gasteiger partial charge < -0.3 is 10.2 Å². The van der Waals surface area contributed by atoms with Crippen molar-refractivity contribution in [3.05, 3.63) is 53.2 Å². The number of hydrogen-bond acceptors (Lipinski definition) is 5. The third kappa shape index (κ3) is 4.48. The van der Waals surface area contributed by atoms with Gasteiger partial charge in [-0.1, -0.05) is 6.07 Å². The molecule has 0 unspecified atom stereocenters. The third-order valence-corrected chi connectivity index (χ3v) is 7.33. The van der Waals surface area contributed by atoms with E-state index in [0.29, 0.717) is 43.0 Å². The summed E-state index contributed by atoms with van der Waals surface area (Å²) in [6.45, 7) is 4.66. The fraction of sp³-hybridized carbons (Fsp3) is 0.435. The van der Waals surface area contributed by atoms with Crippen LogP contribution in [0.1, 0.15) is 41.4 Å². The van der Waals surface area contributed by atoms with E-state index in [9.17, 15) is 18.0 Å². The van der Waals surface area contributed by atoms with Crippen molar-refractivity contribution in [2.45, 2.75) is 39.2 Å². The van der Waals surface area contributed by atoms with Crippen LogP contribution in [0, 0.1) is 12.8 Å². The van der Waals surface area contributed by atoms with Gasteiger partial charge in [-0.25, -0.2) is 13.4 Å². The van der Waals surface area contributed by atoms with E-state index in [-0.39, 0.29) is 23.8 Å². The van der Waals surface area contributed by atoms with Crippen LogP contribution in [-0.2, 0) is 21.2 Å². The molecule has 0 aliphatic carbocycles. The Hall–Kier alpha value is -2.94. The number of nitrogens with zero attached hydrogens (tertiary/aromatic N) is 3. The maximum atomic E-state index is 13.2. The van der Waals surface area contributed by atoms with E-state index in [1.807, 2.05) is 26.0 Å². The second-order valence-electron chi connectivity index (χ2n) is 8.70. The Morgan fingerprint density at radius 3 is 2.69 bits per heavy atom. The second-order valence-corrected chi connectivity index (χ2v) is 10.6. The normalized spacial score (nSPS) is 20.7. The summed E-state index contributed by atoms with van der Waals surface area (Å²) >= 11 is 0. The van der Waals surface area contributed by atoms with Crippen molar-refractivity contribution in [1.29, 1.82) is 0 Å². The Labute approximate surface area is 188 Å². The van der Waals surface area contributed by atoms with E-state index in [2.05, 4.69) is 10.3 Å². The van der Waals surface area contributed by atoms with Crippen LogP contribution in [0.5, 0.6) is 0 Å². The van der Waals surface area contributed by atoms with Crippen LogP contribution in [0.15, 0.2) is 36.4 Å². The SMILES string of the molecule is Cc1cccc(NC(=O)[C@@H]2CCCN(C(=O)c3ccc4c(c3)C[C@@H](C)N4S(C)(=O)=O)C2)n1. The second kappa shape index (κ2) is 8.54. The molecular formula is C23H28N4O4S. The number of aromatic nitrogens is 1. The number of hydrogen-bond donors (Lipinski definition) is 1. The number of carbonyl (C=O) groups excluding carboxylic acids is 2. The van der Waals surface area contributed by atoms with Crippen molar-refractivity contribution in [1.82, 2.24) is 9.88 Å². The highest BCUT2D eigenvalue weighted by Crippen LogP contribution is 2.35. The van der Waals surface area contributed by atoms with Gasteiger partial charge in [0.15, 0.2) is 0 Å². The van der Waals surface area contributed by atoms with Crippen LogP contribution in [-0.4, -0.2) is 55.5 Å². The van der Waals surface area contributed by atoms with Crippen molar-refractivity contribution in [2.24, 2.45) is 5.92 Å². The average molecular weight is 457 g/mol. The summed E-state index contributed by atoms with van der Waals surface area (Å²) in [6.07, 6.45) is 3.22. The molecule has 0 spiro atoms. The molecule has 1 saturated heterocycles. The van der Waals surface area contributed by atoms with Gasteiger partial charge in [0.05, 0.1) is 17.9 Å². The highest BCUT2D eigenvalue weighted by Gasteiger charge is 2.34. The number of amides is 2. The molecule has 2 atom stereocenters. The number of pyridine rings is 1. The summed E-state index contributed by atoms with van der Waals surface area (Å²) in [5, 5.41) is 2.86. The minimum Gasteiger partial charge on any atom is -0.338 e. The fourth-order valence-corrected chi connectivity index (χ4v) is 5.90. The minimum atomic E-state index is -3.38. The number of likely N-dealkylation sites (tertiary alicyclic amines) is 1. The molecule has 4 rings (SSSR count). The van der Waals surface area contributed by atoms with Gasteiger partial charge in [-0.05, 0) is 69.0 Å². The number of carbonyl (C=O) groups is 2. The standard InChI is InChI=1S/C23H28N4O4S/c1-15-6-4-8-21(24-15)25-22(28)18-7-5-11-26(14-18)23(29)17-9-10-20-19(13-17)12-16(2)27(20)32(3,30)31/h4,6,8-10,13,16,18H,5,7,11-12,14H2,1-3H3,(H,24,25,28)/t16-,18-/m1/s1. The van der Waals surface area contributed by atoms with E-state index >= 15 is 0 Å². The van der Waals surface area contributed by atoms with Gasteiger partial charge in [0.25, 0.3) is 5.91 Å². The number of aryl methyl sites for hydroxylation is 1. The predicted octanol–water partition coefficient (Wildman–Crippen LogP) is 2.59. The lowest BCUT2D eigenvalue weighted by atomic mass is 9.96. The van der Waals surface area contributed by atoms with Gasteiger partial charge in [-0.15, -0.1) is 0 Å². The van der Waals surface area contributed by atoms with Crippen LogP contribution >= 0.6 is 0 Å². The maximum Gasteiger partial charge on any atom is 0.253 e. The highest BCUT2D eigenvalue weighted by atomic mass is 32.2. The number of piperidine rings is 1. The van der Waals surface area contributed by atoms with Gasteiger partial charge in [-0.3, -0.25) is 13.9 Å². The first-order chi connectivity index (χ1) is 15.1. The van der Waals surface area contributed by atoms with E-state index < -0.39 is 10.0 Å². The molecule has 1 aromatic carbocycles. The van der Waals surface area contributed by atoms with E-state index in [1.54, 1.807) is 29.2 Å². The van der Waals surface area contributed by atoms with Gasteiger partial charge in [0, 0.05) is 30.4 Å². The lowest BCUT2D eigenvalue weighted by Crippen LogP contribution is -2.43. The van der Waals surface area contributed by atoms with E-state index in [1.165, 1.54) is 10.6 Å². The van der Waals surface area contributed by atoms with Gasteiger partial charge >= 0.3 is 0 Å². The first-order valence-electron chi connectivity index (χ1n) is 10.8. The third-order valence-electron chi connectivity index (χ3n) is 6.06. The lowest BCUT2D eigenvalue weighted by Gasteiger charge is -2.32. The van der Waals surface area contributed by atoms with Crippen LogP contribution in [0.2, 0.25) is 0 Å². The molecule has 1 aromatic heterocycles. The molecule has 9 heteroatoms. The molecule has 0 saturated carbocycles. The Morgan fingerprint density at radius 1 is 1.19 bits per heavy atom. The summed E-state index contributed by atoms with van der Waals surface area (Å²) < 4.78 is 25.7. The molecule has 0 radical (unpaired) electrons. The summed E-state index contributed by atoms with van der Waals surface area (Å²) in [7, 11) is -3.38. The topological polar surface area (TPSA) is 99.7 Å². The number of benzene rings is 1. The molecule has 2 aliphatic heterocycles. The average Bonchev–Trinajstić information content (AvgIpc) is 3.08. The first-order valence-corrected chi connectivity index (χ1v) is 12.6. The van der Waals surface area contributed by atoms with Gasteiger partial charge in [0.1, 0.15) is 5.82 Å². The molecule has 2 aliphatic rings. The van der Waals surface area contributed by atoms with Crippen molar-refractivity contribution in [3.8, 4) is 0 Å². The van der Waals surface area contributed by atoms with E-state index in [0.717, 1.165) is 17.7 Å². The Morgan fingerprint density at radius 2 is 1.97 bits per heavy atom. The molecule has 1 N–H and O–H groups in total. The lowest BCUT2D eigenvalue weighted by molar-refractivity contribution is -0.121. The summed E-state index contributed by atoms with van der Waals surface area (Å²) in [6, 6.07) is 10.5. The van der Waals surface area contributed by atoms with Crippen LogP contribution in [0.3, 0.4) is 0 Å². The van der Waals surface area contributed by atoms with Crippen molar-refractivity contribution in [2.75, 3.05) is 29.0 Å². The Bertz CT molecular complexity index is 1160. The molecule has 2 amide bonds. The molecule has 0 bridgehead atoms. The summed E-state index contributed by atoms with van der Waals surface area (Å²) in [5.74, 6) is -0.0524. The zero-order valence-electron chi connectivity index (χ0n) is 18.5. The molecule has 32 heavy (non-hydrogen) atoms. The smallest absolute Gasteiger partial charge is 0.253 e. The number of fused-ring (bicyclic) bond motifs is 1. The highest BCUT2D eigenvalue weighted by molar-refractivity contribution is 7.92. The zero-order valence-corrected chi connectivity index (χ0v) is 19.4. The maximum absolute atomic E-state index is 13.2. The number of sulfonamides is 1. The fourth-order valence-electron chi connectivity index (χ4n) is 4.64. The molecule has 8 nitrogen and oxygen atoms in total. The molecule has 2 aromatic rings. The first kappa shape index (κ1) is 22.3. The van der Waals surface area contributed by atoms with Crippen LogP contribution in [0.4, 0.5) is 11.5 Å².